The molecule has 0 aliphatic heterocycles. The molecule has 2 aliphatic carbocycles. The largest absolute Gasteiger partial charge is 0.549 e. The molecule has 3 nitrogen and oxygen atoms in total. The average molecular weight is 183 g/mol. The molecule has 74 valence electrons. The van der Waals surface area contributed by atoms with Crippen LogP contribution in [0.25, 0.3) is 0 Å². The van der Waals surface area contributed by atoms with Crippen molar-refractivity contribution in [2.24, 2.45) is 16.7 Å². The Morgan fingerprint density at radius 2 is 2.15 bits per heavy atom. The van der Waals surface area contributed by atoms with Gasteiger partial charge in [0.15, 0.2) is 0 Å². The highest BCUT2D eigenvalue weighted by Crippen LogP contribution is 2.62. The van der Waals surface area contributed by atoms with E-state index in [0.717, 1.165) is 6.42 Å². The molecular formula is C10H15O3-. The zero-order valence-corrected chi connectivity index (χ0v) is 8.04. The van der Waals surface area contributed by atoms with Crippen LogP contribution in [-0.2, 0) is 4.79 Å². The van der Waals surface area contributed by atoms with Crippen molar-refractivity contribution < 1.29 is 15.0 Å². The van der Waals surface area contributed by atoms with Crippen LogP contribution in [-0.4, -0.2) is 17.2 Å². The number of rotatable bonds is 1. The molecule has 0 aromatic heterocycles. The number of hydrogen-bond donors (Lipinski definition) is 1. The molecule has 2 rings (SSSR count). The van der Waals surface area contributed by atoms with Gasteiger partial charge in [0.1, 0.15) is 0 Å². The summed E-state index contributed by atoms with van der Waals surface area (Å²) in [5.41, 5.74) is -1.19. The van der Waals surface area contributed by atoms with E-state index < -0.39 is 17.5 Å². The molecule has 0 spiro atoms. The summed E-state index contributed by atoms with van der Waals surface area (Å²) >= 11 is 0. The Balaban J connectivity index is 2.40. The quantitative estimate of drug-likeness (QED) is 0.618. The van der Waals surface area contributed by atoms with Gasteiger partial charge in [-0.2, -0.15) is 0 Å². The Labute approximate surface area is 77.8 Å². The predicted molar refractivity (Wildman–Crippen MR) is 44.6 cm³/mol. The van der Waals surface area contributed by atoms with E-state index >= 15 is 0 Å². The van der Waals surface area contributed by atoms with E-state index in [1.54, 1.807) is 0 Å². The normalized spacial score (nSPS) is 46.7. The Morgan fingerprint density at radius 1 is 1.54 bits per heavy atom. The van der Waals surface area contributed by atoms with Crippen LogP contribution in [0.2, 0.25) is 0 Å². The highest BCUT2D eigenvalue weighted by Gasteiger charge is 2.61. The van der Waals surface area contributed by atoms with Gasteiger partial charge in [-0.15, -0.1) is 0 Å². The molecule has 3 atom stereocenters. The van der Waals surface area contributed by atoms with Crippen molar-refractivity contribution >= 4 is 5.97 Å². The average Bonchev–Trinajstić information content (AvgIpc) is 2.53. The van der Waals surface area contributed by atoms with Crippen molar-refractivity contribution in [3.8, 4) is 0 Å². The second-order valence-corrected chi connectivity index (χ2v) is 5.11. The van der Waals surface area contributed by atoms with Crippen LogP contribution in [0.5, 0.6) is 0 Å². The van der Waals surface area contributed by atoms with Crippen LogP contribution in [0.3, 0.4) is 0 Å². The summed E-state index contributed by atoms with van der Waals surface area (Å²) in [6.45, 7) is 3.90. The van der Waals surface area contributed by atoms with Crippen molar-refractivity contribution in [2.45, 2.75) is 39.2 Å². The first kappa shape index (κ1) is 9.00. The SMILES string of the molecule is CC1(C)C2CCC(C(=O)[O-])(C2)[C@@H]1O. The third-order valence-electron chi connectivity index (χ3n) is 4.24. The minimum Gasteiger partial charge on any atom is -0.549 e. The Morgan fingerprint density at radius 3 is 2.46 bits per heavy atom. The molecule has 2 saturated carbocycles. The molecule has 2 bridgehead atoms. The van der Waals surface area contributed by atoms with Gasteiger partial charge in [0, 0.05) is 5.41 Å². The summed E-state index contributed by atoms with van der Waals surface area (Å²) in [6, 6.07) is 0. The van der Waals surface area contributed by atoms with E-state index in [0.29, 0.717) is 18.8 Å². The monoisotopic (exact) mass is 183 g/mol. The molecule has 0 radical (unpaired) electrons. The molecule has 2 fully saturated rings. The zero-order valence-electron chi connectivity index (χ0n) is 8.04. The summed E-state index contributed by atoms with van der Waals surface area (Å²) in [5, 5.41) is 21.0. The highest BCUT2D eigenvalue weighted by molar-refractivity contribution is 5.75. The first-order valence-corrected chi connectivity index (χ1v) is 4.81. The van der Waals surface area contributed by atoms with Crippen molar-refractivity contribution in [2.75, 3.05) is 0 Å². The number of fused-ring (bicyclic) bond motifs is 2. The summed E-state index contributed by atoms with van der Waals surface area (Å²) in [5.74, 6) is -0.714. The van der Waals surface area contributed by atoms with E-state index in [9.17, 15) is 15.0 Å². The molecule has 0 heterocycles. The minimum absolute atomic E-state index is 0.252. The maximum atomic E-state index is 11.0. The Hall–Kier alpha value is -0.570. The van der Waals surface area contributed by atoms with Crippen molar-refractivity contribution in [3.05, 3.63) is 0 Å². The van der Waals surface area contributed by atoms with Gasteiger partial charge in [0.25, 0.3) is 0 Å². The fourth-order valence-electron chi connectivity index (χ4n) is 3.19. The molecule has 0 aromatic rings. The van der Waals surface area contributed by atoms with Crippen LogP contribution in [0.1, 0.15) is 33.1 Å². The van der Waals surface area contributed by atoms with E-state index in [2.05, 4.69) is 0 Å². The number of carboxylic acid groups (broad SMARTS) is 1. The maximum absolute atomic E-state index is 11.0. The van der Waals surface area contributed by atoms with E-state index in [-0.39, 0.29) is 5.41 Å². The van der Waals surface area contributed by atoms with Gasteiger partial charge in [0.2, 0.25) is 0 Å². The van der Waals surface area contributed by atoms with Crippen molar-refractivity contribution in [1.82, 2.24) is 0 Å². The molecule has 2 aliphatic rings. The van der Waals surface area contributed by atoms with Gasteiger partial charge in [-0.05, 0) is 30.6 Å². The maximum Gasteiger partial charge on any atom is 0.0702 e. The van der Waals surface area contributed by atoms with Crippen LogP contribution in [0, 0.1) is 16.7 Å². The summed E-state index contributed by atoms with van der Waals surface area (Å²) in [6.07, 6.45) is 1.37. The molecule has 0 saturated heterocycles. The van der Waals surface area contributed by atoms with Crippen LogP contribution in [0.15, 0.2) is 0 Å². The van der Waals surface area contributed by atoms with Crippen molar-refractivity contribution in [3.63, 3.8) is 0 Å². The fourth-order valence-corrected chi connectivity index (χ4v) is 3.19. The highest BCUT2D eigenvalue weighted by atomic mass is 16.4. The molecule has 0 aromatic carbocycles. The van der Waals surface area contributed by atoms with Gasteiger partial charge in [-0.3, -0.25) is 0 Å². The third-order valence-corrected chi connectivity index (χ3v) is 4.24. The fraction of sp³-hybridized carbons (Fsp3) is 0.900. The first-order valence-electron chi connectivity index (χ1n) is 4.81. The zero-order chi connectivity index (χ0) is 9.85. The standard InChI is InChI=1S/C10H16O3/c1-9(2)6-3-4-10(5-6,7(9)11)8(12)13/h6-7,11H,3-5H2,1-2H3,(H,12,13)/p-1/t6?,7-,10?/m1/s1. The number of carbonyl (C=O) groups excluding carboxylic acids is 1. The van der Waals surface area contributed by atoms with Crippen LogP contribution < -0.4 is 5.11 Å². The van der Waals surface area contributed by atoms with E-state index in [4.69, 9.17) is 0 Å². The van der Waals surface area contributed by atoms with Crippen LogP contribution >= 0.6 is 0 Å². The van der Waals surface area contributed by atoms with Gasteiger partial charge >= 0.3 is 0 Å². The number of carbonyl (C=O) groups is 1. The van der Waals surface area contributed by atoms with Gasteiger partial charge < -0.3 is 15.0 Å². The van der Waals surface area contributed by atoms with Crippen molar-refractivity contribution in [1.29, 1.82) is 0 Å². The number of aliphatic carboxylic acids is 1. The lowest BCUT2D eigenvalue weighted by molar-refractivity contribution is -0.324. The molecule has 13 heavy (non-hydrogen) atoms. The Bertz CT molecular complexity index is 259. The number of hydrogen-bond acceptors (Lipinski definition) is 3. The van der Waals surface area contributed by atoms with E-state index in [1.807, 2.05) is 13.8 Å². The first-order chi connectivity index (χ1) is 5.91. The molecule has 0 amide bonds. The van der Waals surface area contributed by atoms with Gasteiger partial charge in [-0.1, -0.05) is 13.8 Å². The summed E-state index contributed by atoms with van der Waals surface area (Å²) < 4.78 is 0. The van der Waals surface area contributed by atoms with Crippen LogP contribution in [0.4, 0.5) is 0 Å². The topological polar surface area (TPSA) is 60.4 Å². The number of aliphatic hydroxyl groups is 1. The summed E-state index contributed by atoms with van der Waals surface area (Å²) in [4.78, 5) is 11.0. The second kappa shape index (κ2) is 2.27. The molecule has 1 N–H and O–H groups in total. The minimum atomic E-state index is -1.06. The number of carboxylic acids is 1. The predicted octanol–water partition coefficient (Wildman–Crippen LogP) is -0.0765. The summed E-state index contributed by atoms with van der Waals surface area (Å²) in [7, 11) is 0. The molecular weight excluding hydrogens is 168 g/mol. The third kappa shape index (κ3) is 0.857. The lowest BCUT2D eigenvalue weighted by atomic mass is 9.69. The van der Waals surface area contributed by atoms with Gasteiger partial charge in [-0.25, -0.2) is 0 Å². The number of aliphatic hydroxyl groups excluding tert-OH is 1. The Kier molecular flexibility index (Phi) is 1.57. The smallest absolute Gasteiger partial charge is 0.0702 e. The lowest BCUT2D eigenvalue weighted by Gasteiger charge is -2.41. The lowest BCUT2D eigenvalue weighted by Crippen LogP contribution is -2.51. The van der Waals surface area contributed by atoms with E-state index in [1.165, 1.54) is 0 Å². The molecule has 2 unspecified atom stereocenters. The van der Waals surface area contributed by atoms with Gasteiger partial charge in [0.05, 0.1) is 12.1 Å². The molecule has 3 heteroatoms. The second-order valence-electron chi connectivity index (χ2n) is 5.11.